The highest BCUT2D eigenvalue weighted by molar-refractivity contribution is 6.28. The van der Waals surface area contributed by atoms with Gasteiger partial charge >= 0.3 is 5.91 Å². The second kappa shape index (κ2) is 13.7. The van der Waals surface area contributed by atoms with Gasteiger partial charge in [0, 0.05) is 18.2 Å². The number of benzene rings is 3. The highest BCUT2D eigenvalue weighted by Crippen LogP contribution is 2.28. The molecule has 3 aromatic rings. The summed E-state index contributed by atoms with van der Waals surface area (Å²) in [4.78, 5) is 39.1. The van der Waals surface area contributed by atoms with Gasteiger partial charge in [0.1, 0.15) is 5.75 Å². The van der Waals surface area contributed by atoms with E-state index in [0.29, 0.717) is 22.7 Å². The number of para-hydroxylation sites is 2. The third kappa shape index (κ3) is 7.20. The standard InChI is InChI=1S/C25H23N5O4.C4H11N/c1-17(31)27-25(28-19-9-5-3-6-10-19)23(26-22(32)18-13-15-21(34-2)16-14-18)29-30(24(25)33)20-11-7-4-8-12-20;1-3-5-4-2/h3-16,28H,1-2H3,(H,27,31)(H,26,29,32);5H,3-4H2,1-2H3. The molecule has 0 fully saturated rings. The number of nitrogens with zero attached hydrogens (tertiary/aromatic N) is 2. The first-order chi connectivity index (χ1) is 18.8. The number of amidine groups is 1. The molecule has 1 aliphatic heterocycles. The molecule has 0 saturated heterocycles. The number of carbonyl (C=O) groups is 3. The average molecular weight is 531 g/mol. The Morgan fingerprint density at radius 3 is 2.00 bits per heavy atom. The lowest BCUT2D eigenvalue weighted by Crippen LogP contribution is -2.67. The predicted molar refractivity (Wildman–Crippen MR) is 153 cm³/mol. The van der Waals surface area contributed by atoms with Crippen molar-refractivity contribution in [2.24, 2.45) is 5.10 Å². The van der Waals surface area contributed by atoms with Gasteiger partial charge in [0.2, 0.25) is 5.91 Å². The highest BCUT2D eigenvalue weighted by Gasteiger charge is 2.54. The Bertz CT molecular complexity index is 1280. The normalized spacial score (nSPS) is 15.9. The topological polar surface area (TPSA) is 124 Å². The molecule has 0 saturated carbocycles. The van der Waals surface area contributed by atoms with Crippen molar-refractivity contribution in [3.63, 3.8) is 0 Å². The quantitative estimate of drug-likeness (QED) is 0.331. The summed E-state index contributed by atoms with van der Waals surface area (Å²) in [5.41, 5.74) is -0.493. The fraction of sp³-hybridized carbons (Fsp3) is 0.241. The molecular formula is C29H34N6O4. The maximum Gasteiger partial charge on any atom is 0.302 e. The van der Waals surface area contributed by atoms with E-state index in [1.54, 1.807) is 72.8 Å². The number of nitrogens with one attached hydrogen (secondary N) is 4. The summed E-state index contributed by atoms with van der Waals surface area (Å²) < 4.78 is 5.14. The zero-order chi connectivity index (χ0) is 28.3. The molecule has 204 valence electrons. The van der Waals surface area contributed by atoms with Crippen LogP contribution >= 0.6 is 0 Å². The number of ether oxygens (including phenoxy) is 1. The lowest BCUT2D eigenvalue weighted by Gasteiger charge is -2.31. The van der Waals surface area contributed by atoms with Crippen LogP contribution in [0.3, 0.4) is 0 Å². The summed E-state index contributed by atoms with van der Waals surface area (Å²) in [7, 11) is 1.53. The van der Waals surface area contributed by atoms with Gasteiger partial charge in [0.15, 0.2) is 5.84 Å². The van der Waals surface area contributed by atoms with Crippen molar-refractivity contribution in [3.05, 3.63) is 90.5 Å². The van der Waals surface area contributed by atoms with E-state index in [9.17, 15) is 14.4 Å². The second-order valence-electron chi connectivity index (χ2n) is 8.46. The van der Waals surface area contributed by atoms with Gasteiger partial charge in [-0.15, -0.1) is 5.10 Å². The molecule has 10 nitrogen and oxygen atoms in total. The number of hydrogen-bond acceptors (Lipinski definition) is 7. The number of hydrogen-bond donors (Lipinski definition) is 4. The number of amides is 3. The molecule has 0 radical (unpaired) electrons. The second-order valence-corrected chi connectivity index (χ2v) is 8.46. The van der Waals surface area contributed by atoms with Crippen molar-refractivity contribution in [3.8, 4) is 5.75 Å². The van der Waals surface area contributed by atoms with Crippen molar-refractivity contribution in [1.82, 2.24) is 16.0 Å². The van der Waals surface area contributed by atoms with Gasteiger partial charge in [-0.05, 0) is 61.6 Å². The molecule has 4 N–H and O–H groups in total. The molecule has 1 unspecified atom stereocenters. The fourth-order valence-corrected chi connectivity index (χ4v) is 3.77. The molecule has 3 aromatic carbocycles. The van der Waals surface area contributed by atoms with Crippen molar-refractivity contribution in [2.75, 3.05) is 30.5 Å². The summed E-state index contributed by atoms with van der Waals surface area (Å²) in [6, 6.07) is 24.1. The molecule has 39 heavy (non-hydrogen) atoms. The number of carbonyl (C=O) groups excluding carboxylic acids is 3. The first-order valence-corrected chi connectivity index (χ1v) is 12.6. The zero-order valence-corrected chi connectivity index (χ0v) is 22.5. The van der Waals surface area contributed by atoms with E-state index in [-0.39, 0.29) is 5.84 Å². The van der Waals surface area contributed by atoms with Gasteiger partial charge in [0.05, 0.1) is 12.8 Å². The molecule has 0 bridgehead atoms. The molecule has 3 amide bonds. The molecule has 0 aromatic heterocycles. The van der Waals surface area contributed by atoms with E-state index in [4.69, 9.17) is 4.74 Å². The molecule has 0 aliphatic carbocycles. The summed E-state index contributed by atoms with van der Waals surface area (Å²) in [6.07, 6.45) is 0. The van der Waals surface area contributed by atoms with E-state index in [1.165, 1.54) is 14.0 Å². The number of anilines is 2. The van der Waals surface area contributed by atoms with Crippen LogP contribution < -0.4 is 31.0 Å². The van der Waals surface area contributed by atoms with Gasteiger partial charge in [-0.1, -0.05) is 50.2 Å². The Kier molecular flexibility index (Phi) is 10.2. The third-order valence-corrected chi connectivity index (χ3v) is 5.62. The zero-order valence-electron chi connectivity index (χ0n) is 22.5. The molecule has 1 heterocycles. The summed E-state index contributed by atoms with van der Waals surface area (Å²) in [5, 5.41) is 17.1. The minimum absolute atomic E-state index is 0.0683. The van der Waals surface area contributed by atoms with Crippen LogP contribution in [0.25, 0.3) is 0 Å². The lowest BCUT2D eigenvalue weighted by atomic mass is 10.1. The van der Waals surface area contributed by atoms with Crippen LogP contribution in [-0.2, 0) is 9.59 Å². The van der Waals surface area contributed by atoms with E-state index >= 15 is 0 Å². The molecular weight excluding hydrogens is 496 g/mol. The van der Waals surface area contributed by atoms with Crippen LogP contribution in [0.4, 0.5) is 11.4 Å². The minimum Gasteiger partial charge on any atom is -0.497 e. The Hall–Kier alpha value is -4.70. The monoisotopic (exact) mass is 530 g/mol. The van der Waals surface area contributed by atoms with Crippen LogP contribution in [0.1, 0.15) is 31.1 Å². The summed E-state index contributed by atoms with van der Waals surface area (Å²) in [6.45, 7) is 7.68. The van der Waals surface area contributed by atoms with Gasteiger partial charge in [-0.3, -0.25) is 14.4 Å². The van der Waals surface area contributed by atoms with Crippen LogP contribution in [0.2, 0.25) is 0 Å². The SMILES string of the molecule is CCNCC.COc1ccc(C(=O)NC2=NN(c3ccccc3)C(=O)C2(NC(C)=O)Nc2ccccc2)cc1. The Morgan fingerprint density at radius 1 is 0.897 bits per heavy atom. The smallest absolute Gasteiger partial charge is 0.302 e. The maximum atomic E-state index is 13.7. The first-order valence-electron chi connectivity index (χ1n) is 12.6. The van der Waals surface area contributed by atoms with Crippen molar-refractivity contribution >= 4 is 34.9 Å². The van der Waals surface area contributed by atoms with E-state index in [1.807, 2.05) is 12.1 Å². The van der Waals surface area contributed by atoms with Gasteiger partial charge < -0.3 is 26.0 Å². The fourth-order valence-electron chi connectivity index (χ4n) is 3.77. The van der Waals surface area contributed by atoms with Crippen LogP contribution in [-0.4, -0.2) is 49.4 Å². The first kappa shape index (κ1) is 28.9. The molecule has 1 aliphatic rings. The molecule has 1 atom stereocenters. The van der Waals surface area contributed by atoms with Gasteiger partial charge in [-0.2, -0.15) is 5.01 Å². The number of rotatable bonds is 8. The number of methoxy groups -OCH3 is 1. The van der Waals surface area contributed by atoms with Gasteiger partial charge in [-0.25, -0.2) is 0 Å². The summed E-state index contributed by atoms with van der Waals surface area (Å²) >= 11 is 0. The van der Waals surface area contributed by atoms with E-state index in [2.05, 4.69) is 40.2 Å². The third-order valence-electron chi connectivity index (χ3n) is 5.62. The molecule has 0 spiro atoms. The highest BCUT2D eigenvalue weighted by atomic mass is 16.5. The van der Waals surface area contributed by atoms with Crippen LogP contribution in [0, 0.1) is 0 Å². The van der Waals surface area contributed by atoms with Crippen molar-refractivity contribution in [1.29, 1.82) is 0 Å². The maximum absolute atomic E-state index is 13.7. The van der Waals surface area contributed by atoms with E-state index < -0.39 is 23.4 Å². The Balaban J connectivity index is 0.000000771. The predicted octanol–water partition coefficient (Wildman–Crippen LogP) is 3.35. The summed E-state index contributed by atoms with van der Waals surface area (Å²) in [5.74, 6) is -1.05. The largest absolute Gasteiger partial charge is 0.497 e. The molecule has 10 heteroatoms. The van der Waals surface area contributed by atoms with Crippen molar-refractivity contribution in [2.45, 2.75) is 26.4 Å². The Labute approximate surface area is 228 Å². The van der Waals surface area contributed by atoms with Crippen molar-refractivity contribution < 1.29 is 19.1 Å². The average Bonchev–Trinajstić information content (AvgIpc) is 3.20. The van der Waals surface area contributed by atoms with Gasteiger partial charge in [0.25, 0.3) is 11.6 Å². The molecule has 4 rings (SSSR count). The minimum atomic E-state index is -1.84. The Morgan fingerprint density at radius 2 is 1.49 bits per heavy atom. The van der Waals surface area contributed by atoms with Crippen LogP contribution in [0.5, 0.6) is 5.75 Å². The van der Waals surface area contributed by atoms with Crippen LogP contribution in [0.15, 0.2) is 90.0 Å². The number of hydrazone groups is 1. The lowest BCUT2D eigenvalue weighted by molar-refractivity contribution is -0.127. The van der Waals surface area contributed by atoms with E-state index in [0.717, 1.165) is 18.1 Å².